The summed E-state index contributed by atoms with van der Waals surface area (Å²) in [5.41, 5.74) is 0. The third kappa shape index (κ3) is 52.4. The predicted octanol–water partition coefficient (Wildman–Crippen LogP) is 19.0. The number of esters is 1. The first-order valence-corrected chi connectivity index (χ1v) is 36.8. The summed E-state index contributed by atoms with van der Waals surface area (Å²) in [6.07, 6.45) is 71.6. The van der Waals surface area contributed by atoms with Crippen LogP contribution in [-0.2, 0) is 23.8 Å². The van der Waals surface area contributed by atoms with E-state index < -0.39 is 49.5 Å². The maximum Gasteiger partial charge on any atom is 0.305 e. The van der Waals surface area contributed by atoms with Gasteiger partial charge in [0, 0.05) is 12.8 Å². The average Bonchev–Trinajstić information content (AvgIpc) is 3.49. The van der Waals surface area contributed by atoms with Crippen molar-refractivity contribution in [2.75, 3.05) is 19.8 Å². The van der Waals surface area contributed by atoms with Crippen molar-refractivity contribution in [2.45, 2.75) is 403 Å². The van der Waals surface area contributed by atoms with Crippen molar-refractivity contribution in [2.24, 2.45) is 0 Å². The molecule has 1 rings (SSSR count). The summed E-state index contributed by atoms with van der Waals surface area (Å²) in [7, 11) is 0. The van der Waals surface area contributed by atoms with Crippen LogP contribution in [0, 0.1) is 0 Å². The fourth-order valence-electron chi connectivity index (χ4n) is 11.7. The van der Waals surface area contributed by atoms with Crippen molar-refractivity contribution in [1.29, 1.82) is 0 Å². The van der Waals surface area contributed by atoms with Crippen LogP contribution >= 0.6 is 0 Å². The molecule has 0 saturated carbocycles. The Kier molecular flexibility index (Phi) is 60.4. The van der Waals surface area contributed by atoms with Crippen LogP contribution in [-0.4, -0.2) is 100 Å². The van der Waals surface area contributed by atoms with Gasteiger partial charge in [0.1, 0.15) is 24.4 Å². The van der Waals surface area contributed by atoms with Gasteiger partial charge in [0.05, 0.1) is 32.0 Å². The highest BCUT2D eigenvalue weighted by molar-refractivity contribution is 5.76. The monoisotopic (exact) mass is 1200 g/mol. The average molecular weight is 1200 g/mol. The fourth-order valence-corrected chi connectivity index (χ4v) is 11.7. The molecule has 6 N–H and O–H groups in total. The minimum atomic E-state index is -1.57. The van der Waals surface area contributed by atoms with Crippen LogP contribution in [0.4, 0.5) is 0 Å². The molecule has 500 valence electrons. The molecule has 7 unspecified atom stereocenters. The number of aliphatic hydroxyl groups excluding tert-OH is 5. The Bertz CT molecular complexity index is 1510. The number of carbonyl (C=O) groups excluding carboxylic acids is 2. The van der Waals surface area contributed by atoms with E-state index >= 15 is 0 Å². The van der Waals surface area contributed by atoms with Crippen LogP contribution in [0.1, 0.15) is 361 Å². The molecule has 1 fully saturated rings. The molecule has 85 heavy (non-hydrogen) atoms. The Labute approximate surface area is 523 Å². The SMILES string of the molecule is CCCCCCCC/C=C\CCCCCCCCCCCC(=O)OCCCCCCCCCCCCCC/C=C\CCCCCCCCCCCCCCCC(=O)NC(COC1OC(CO)C(O)C(O)C1O)C(O)/C=C/CCCCCCCCC. The Balaban J connectivity index is 1.89. The molecule has 11 nitrogen and oxygen atoms in total. The summed E-state index contributed by atoms with van der Waals surface area (Å²) < 4.78 is 16.7. The lowest BCUT2D eigenvalue weighted by molar-refractivity contribution is -0.302. The molecular weight excluding hydrogens is 1060 g/mol. The molecule has 0 aromatic carbocycles. The highest BCUT2D eigenvalue weighted by Crippen LogP contribution is 2.23. The van der Waals surface area contributed by atoms with E-state index in [0.29, 0.717) is 19.4 Å². The van der Waals surface area contributed by atoms with Gasteiger partial charge in [-0.3, -0.25) is 9.59 Å². The minimum absolute atomic E-state index is 0.00779. The number of carbonyl (C=O) groups is 2. The number of hydrogen-bond acceptors (Lipinski definition) is 10. The molecule has 1 saturated heterocycles. The summed E-state index contributed by atoms with van der Waals surface area (Å²) in [6, 6.07) is -0.808. The Hall–Kier alpha value is -2.12. The molecule has 11 heteroatoms. The summed E-state index contributed by atoms with van der Waals surface area (Å²) in [5.74, 6) is -0.174. The molecule has 1 amide bonds. The Morgan fingerprint density at radius 3 is 1.13 bits per heavy atom. The number of amides is 1. The molecule has 1 heterocycles. The molecule has 1 aliphatic rings. The van der Waals surface area contributed by atoms with Crippen LogP contribution < -0.4 is 5.32 Å². The van der Waals surface area contributed by atoms with Gasteiger partial charge >= 0.3 is 5.97 Å². The van der Waals surface area contributed by atoms with Crippen molar-refractivity contribution >= 4 is 11.9 Å². The van der Waals surface area contributed by atoms with Gasteiger partial charge in [-0.2, -0.15) is 0 Å². The standard InChI is InChI=1S/C74H139NO10/c1-3-5-7-9-11-13-14-15-16-17-29-33-36-39-42-46-50-54-58-62-70(79)83-63-59-55-51-47-43-40-37-34-31-28-26-24-22-20-18-19-21-23-25-27-30-32-35-38-41-45-49-53-57-61-69(78)75-66(67(77)60-56-52-48-44-12-10-8-6-4-2)65-84-74-73(82)72(81)71(80)68(64-76)85-74/h15-16,18,20,56,60,66-68,71-74,76-77,80-82H,3-14,17,19,21-55,57-59,61-65H2,1-2H3,(H,75,78)/b16-15-,20-18-,60-56+. The zero-order valence-corrected chi connectivity index (χ0v) is 55.6. The van der Waals surface area contributed by atoms with Gasteiger partial charge in [-0.15, -0.1) is 0 Å². The van der Waals surface area contributed by atoms with E-state index in [9.17, 15) is 35.1 Å². The number of ether oxygens (including phenoxy) is 3. The smallest absolute Gasteiger partial charge is 0.305 e. The first kappa shape index (κ1) is 80.9. The molecule has 0 aromatic rings. The number of hydrogen-bond donors (Lipinski definition) is 6. The number of rotatable bonds is 65. The van der Waals surface area contributed by atoms with E-state index in [4.69, 9.17) is 14.2 Å². The predicted molar refractivity (Wildman–Crippen MR) is 357 cm³/mol. The van der Waals surface area contributed by atoms with E-state index in [2.05, 4.69) is 43.5 Å². The lowest BCUT2D eigenvalue weighted by Gasteiger charge is -2.40. The van der Waals surface area contributed by atoms with E-state index in [1.807, 2.05) is 6.08 Å². The fraction of sp³-hybridized carbons (Fsp3) is 0.892. The second-order valence-electron chi connectivity index (χ2n) is 25.6. The van der Waals surface area contributed by atoms with Crippen LogP contribution in [0.2, 0.25) is 0 Å². The summed E-state index contributed by atoms with van der Waals surface area (Å²) >= 11 is 0. The molecule has 1 aliphatic heterocycles. The lowest BCUT2D eigenvalue weighted by Crippen LogP contribution is -2.60. The Morgan fingerprint density at radius 2 is 0.753 bits per heavy atom. The van der Waals surface area contributed by atoms with Gasteiger partial charge in [0.25, 0.3) is 0 Å². The minimum Gasteiger partial charge on any atom is -0.466 e. The Morgan fingerprint density at radius 1 is 0.424 bits per heavy atom. The van der Waals surface area contributed by atoms with Gasteiger partial charge in [-0.25, -0.2) is 0 Å². The van der Waals surface area contributed by atoms with Crippen molar-refractivity contribution in [1.82, 2.24) is 5.32 Å². The molecule has 7 atom stereocenters. The lowest BCUT2D eigenvalue weighted by atomic mass is 9.99. The molecule has 0 bridgehead atoms. The second-order valence-corrected chi connectivity index (χ2v) is 25.6. The van der Waals surface area contributed by atoms with Crippen molar-refractivity contribution in [3.63, 3.8) is 0 Å². The molecule has 0 spiro atoms. The molecule has 0 radical (unpaired) electrons. The van der Waals surface area contributed by atoms with E-state index in [0.717, 1.165) is 57.8 Å². The summed E-state index contributed by atoms with van der Waals surface area (Å²) in [6.45, 7) is 4.34. The van der Waals surface area contributed by atoms with Gasteiger partial charge in [-0.1, -0.05) is 301 Å². The zero-order valence-electron chi connectivity index (χ0n) is 55.6. The first-order chi connectivity index (χ1) is 41.7. The summed E-state index contributed by atoms with van der Waals surface area (Å²) in [5, 5.41) is 54.3. The van der Waals surface area contributed by atoms with Crippen LogP contribution in [0.15, 0.2) is 36.5 Å². The van der Waals surface area contributed by atoms with Gasteiger partial charge in [-0.05, 0) is 83.5 Å². The topological polar surface area (TPSA) is 175 Å². The van der Waals surface area contributed by atoms with E-state index in [-0.39, 0.29) is 18.5 Å². The van der Waals surface area contributed by atoms with Gasteiger partial charge in [0.15, 0.2) is 6.29 Å². The maximum absolute atomic E-state index is 13.0. The molecule has 0 aliphatic carbocycles. The van der Waals surface area contributed by atoms with Crippen LogP contribution in [0.5, 0.6) is 0 Å². The van der Waals surface area contributed by atoms with Gasteiger partial charge < -0.3 is 45.1 Å². The first-order valence-electron chi connectivity index (χ1n) is 36.8. The quantitative estimate of drug-likeness (QED) is 0.0195. The van der Waals surface area contributed by atoms with Gasteiger partial charge in [0.2, 0.25) is 5.91 Å². The second kappa shape index (κ2) is 63.4. The van der Waals surface area contributed by atoms with Crippen LogP contribution in [0.3, 0.4) is 0 Å². The van der Waals surface area contributed by atoms with Crippen molar-refractivity contribution < 1.29 is 49.3 Å². The number of nitrogens with one attached hydrogen (secondary N) is 1. The van der Waals surface area contributed by atoms with Crippen molar-refractivity contribution in [3.05, 3.63) is 36.5 Å². The molecular formula is C74H139NO10. The maximum atomic E-state index is 13.0. The largest absolute Gasteiger partial charge is 0.466 e. The van der Waals surface area contributed by atoms with Crippen molar-refractivity contribution in [3.8, 4) is 0 Å². The third-order valence-corrected chi connectivity index (χ3v) is 17.5. The normalized spacial score (nSPS) is 18.1. The summed E-state index contributed by atoms with van der Waals surface area (Å²) in [4.78, 5) is 25.1. The van der Waals surface area contributed by atoms with Crippen LogP contribution in [0.25, 0.3) is 0 Å². The third-order valence-electron chi connectivity index (χ3n) is 17.5. The van der Waals surface area contributed by atoms with E-state index in [1.165, 1.54) is 276 Å². The van der Waals surface area contributed by atoms with E-state index in [1.54, 1.807) is 6.08 Å². The number of allylic oxidation sites excluding steroid dienone is 5. The molecule has 0 aromatic heterocycles. The highest BCUT2D eigenvalue weighted by Gasteiger charge is 2.44. The highest BCUT2D eigenvalue weighted by atomic mass is 16.7. The number of unbranched alkanes of at least 4 members (excludes halogenated alkanes) is 47. The number of aliphatic hydroxyl groups is 5. The zero-order chi connectivity index (χ0) is 61.6.